The summed E-state index contributed by atoms with van der Waals surface area (Å²) < 4.78 is 0. The Morgan fingerprint density at radius 2 is 1.52 bits per heavy atom. The molecule has 2 amide bonds. The molecule has 0 aliphatic heterocycles. The topological polar surface area (TPSA) is 62.6 Å². The standard InChI is InChI=1S/C20H23Cl2N3O2/c1-3-11-25(12-18(26)23-16-9-5-4-7-14(16)2)13-19(27)24-17-10-6-8-15(21)20(17)22/h4-10H,3,11-13H2,1-2H3,(H,23,26)(H,24,27)/p+1. The van der Waals surface area contributed by atoms with Crippen molar-refractivity contribution in [2.24, 2.45) is 0 Å². The zero-order valence-corrected chi connectivity index (χ0v) is 17.0. The predicted octanol–water partition coefficient (Wildman–Crippen LogP) is 3.17. The van der Waals surface area contributed by atoms with E-state index >= 15 is 0 Å². The molecule has 3 N–H and O–H groups in total. The Morgan fingerprint density at radius 1 is 0.926 bits per heavy atom. The van der Waals surface area contributed by atoms with E-state index < -0.39 is 0 Å². The highest BCUT2D eigenvalue weighted by Crippen LogP contribution is 2.29. The molecule has 144 valence electrons. The van der Waals surface area contributed by atoms with Crippen molar-refractivity contribution < 1.29 is 14.5 Å². The molecular weight excluding hydrogens is 385 g/mol. The van der Waals surface area contributed by atoms with Crippen molar-refractivity contribution >= 4 is 46.4 Å². The van der Waals surface area contributed by atoms with Crippen LogP contribution in [0, 0.1) is 6.92 Å². The van der Waals surface area contributed by atoms with Gasteiger partial charge in [-0.15, -0.1) is 0 Å². The molecule has 2 aromatic carbocycles. The fourth-order valence-electron chi connectivity index (χ4n) is 2.75. The quantitative estimate of drug-likeness (QED) is 0.627. The average molecular weight is 409 g/mol. The molecule has 0 saturated heterocycles. The van der Waals surface area contributed by atoms with E-state index in [9.17, 15) is 9.59 Å². The van der Waals surface area contributed by atoms with Crippen LogP contribution < -0.4 is 15.5 Å². The monoisotopic (exact) mass is 408 g/mol. The Bertz CT molecular complexity index is 812. The lowest BCUT2D eigenvalue weighted by atomic mass is 10.2. The molecule has 0 aliphatic rings. The Balaban J connectivity index is 1.96. The lowest BCUT2D eigenvalue weighted by Crippen LogP contribution is -3.14. The summed E-state index contributed by atoms with van der Waals surface area (Å²) in [6.07, 6.45) is 0.859. The number of hydrogen-bond donors (Lipinski definition) is 3. The Hall–Kier alpha value is -2.08. The first-order valence-electron chi connectivity index (χ1n) is 8.83. The van der Waals surface area contributed by atoms with Crippen LogP contribution in [0.25, 0.3) is 0 Å². The summed E-state index contributed by atoms with van der Waals surface area (Å²) in [5.74, 6) is -0.340. The number of benzene rings is 2. The lowest BCUT2D eigenvalue weighted by Gasteiger charge is -2.18. The van der Waals surface area contributed by atoms with E-state index in [2.05, 4.69) is 10.6 Å². The van der Waals surface area contributed by atoms with Gasteiger partial charge in [0.15, 0.2) is 13.1 Å². The first kappa shape index (κ1) is 21.2. The van der Waals surface area contributed by atoms with Crippen LogP contribution in [-0.2, 0) is 9.59 Å². The Kier molecular flexibility index (Phi) is 8.10. The number of carbonyl (C=O) groups excluding carboxylic acids is 2. The maximum absolute atomic E-state index is 12.4. The zero-order valence-electron chi connectivity index (χ0n) is 15.4. The van der Waals surface area contributed by atoms with Gasteiger partial charge in [0.25, 0.3) is 11.8 Å². The highest BCUT2D eigenvalue weighted by atomic mass is 35.5. The van der Waals surface area contributed by atoms with Crippen LogP contribution in [0.3, 0.4) is 0 Å². The second kappa shape index (κ2) is 10.3. The smallest absolute Gasteiger partial charge is 0.279 e. The summed E-state index contributed by atoms with van der Waals surface area (Å²) in [5.41, 5.74) is 2.25. The number of anilines is 2. The van der Waals surface area contributed by atoms with Gasteiger partial charge in [0.05, 0.1) is 22.3 Å². The van der Waals surface area contributed by atoms with E-state index in [1.54, 1.807) is 18.2 Å². The summed E-state index contributed by atoms with van der Waals surface area (Å²) in [4.78, 5) is 25.7. The van der Waals surface area contributed by atoms with Gasteiger partial charge in [-0.05, 0) is 37.1 Å². The minimum atomic E-state index is -0.216. The SMILES string of the molecule is CCC[NH+](CC(=O)Nc1ccccc1C)CC(=O)Nc1cccc(Cl)c1Cl. The van der Waals surface area contributed by atoms with E-state index in [0.717, 1.165) is 22.6 Å². The number of amides is 2. The molecule has 27 heavy (non-hydrogen) atoms. The molecule has 0 radical (unpaired) electrons. The first-order chi connectivity index (χ1) is 12.9. The molecule has 7 heteroatoms. The van der Waals surface area contributed by atoms with E-state index in [4.69, 9.17) is 23.2 Å². The van der Waals surface area contributed by atoms with Crippen molar-refractivity contribution in [3.63, 3.8) is 0 Å². The molecule has 0 bridgehead atoms. The van der Waals surface area contributed by atoms with Crippen LogP contribution in [0.1, 0.15) is 18.9 Å². The van der Waals surface area contributed by atoms with Crippen LogP contribution in [0.2, 0.25) is 10.0 Å². The van der Waals surface area contributed by atoms with Gasteiger partial charge < -0.3 is 15.5 Å². The number of halogens is 2. The van der Waals surface area contributed by atoms with Crippen LogP contribution in [-0.4, -0.2) is 31.4 Å². The average Bonchev–Trinajstić information content (AvgIpc) is 2.61. The van der Waals surface area contributed by atoms with Gasteiger partial charge in [-0.2, -0.15) is 0 Å². The van der Waals surface area contributed by atoms with Crippen molar-refractivity contribution in [1.82, 2.24) is 0 Å². The van der Waals surface area contributed by atoms with Crippen LogP contribution in [0.5, 0.6) is 0 Å². The minimum absolute atomic E-state index is 0.124. The van der Waals surface area contributed by atoms with Gasteiger partial charge in [0, 0.05) is 5.69 Å². The summed E-state index contributed by atoms with van der Waals surface area (Å²) >= 11 is 12.1. The molecule has 0 spiro atoms. The van der Waals surface area contributed by atoms with E-state index in [1.165, 1.54) is 0 Å². The fourth-order valence-corrected chi connectivity index (χ4v) is 3.10. The number of nitrogens with one attached hydrogen (secondary N) is 3. The highest BCUT2D eigenvalue weighted by molar-refractivity contribution is 6.43. The normalized spacial score (nSPS) is 11.7. The first-order valence-corrected chi connectivity index (χ1v) is 9.59. The van der Waals surface area contributed by atoms with Gasteiger partial charge in [-0.1, -0.05) is 54.4 Å². The second-order valence-corrected chi connectivity index (χ2v) is 7.15. The van der Waals surface area contributed by atoms with Crippen LogP contribution in [0.15, 0.2) is 42.5 Å². The van der Waals surface area contributed by atoms with Crippen molar-refractivity contribution in [3.05, 3.63) is 58.1 Å². The zero-order chi connectivity index (χ0) is 19.8. The number of para-hydroxylation sites is 1. The van der Waals surface area contributed by atoms with E-state index in [0.29, 0.717) is 22.3 Å². The van der Waals surface area contributed by atoms with Crippen molar-refractivity contribution in [2.75, 3.05) is 30.3 Å². The van der Waals surface area contributed by atoms with Gasteiger partial charge in [0.1, 0.15) is 0 Å². The number of hydrogen-bond acceptors (Lipinski definition) is 2. The van der Waals surface area contributed by atoms with Crippen molar-refractivity contribution in [2.45, 2.75) is 20.3 Å². The maximum Gasteiger partial charge on any atom is 0.279 e. The molecule has 2 aromatic rings. The van der Waals surface area contributed by atoms with Crippen molar-refractivity contribution in [1.29, 1.82) is 0 Å². The van der Waals surface area contributed by atoms with E-state index in [-0.39, 0.29) is 24.9 Å². The largest absolute Gasteiger partial charge is 0.321 e. The Morgan fingerprint density at radius 3 is 2.15 bits per heavy atom. The predicted molar refractivity (Wildman–Crippen MR) is 111 cm³/mol. The number of carbonyl (C=O) groups is 2. The van der Waals surface area contributed by atoms with Gasteiger partial charge in [0.2, 0.25) is 0 Å². The summed E-state index contributed by atoms with van der Waals surface area (Å²) in [5, 5.41) is 6.36. The summed E-state index contributed by atoms with van der Waals surface area (Å²) in [6, 6.07) is 12.7. The van der Waals surface area contributed by atoms with E-state index in [1.807, 2.05) is 38.1 Å². The molecule has 1 unspecified atom stereocenters. The van der Waals surface area contributed by atoms with Crippen LogP contribution in [0.4, 0.5) is 11.4 Å². The third-order valence-corrected chi connectivity index (χ3v) is 4.89. The number of aryl methyl sites for hydroxylation is 1. The van der Waals surface area contributed by atoms with Gasteiger partial charge in [-0.3, -0.25) is 9.59 Å². The third-order valence-electron chi connectivity index (χ3n) is 4.07. The maximum atomic E-state index is 12.4. The minimum Gasteiger partial charge on any atom is -0.321 e. The molecule has 0 saturated carbocycles. The fraction of sp³-hybridized carbons (Fsp3) is 0.300. The molecule has 5 nitrogen and oxygen atoms in total. The highest BCUT2D eigenvalue weighted by Gasteiger charge is 2.19. The van der Waals surface area contributed by atoms with Crippen LogP contribution >= 0.6 is 23.2 Å². The Labute approximate surface area is 169 Å². The number of rotatable bonds is 8. The molecule has 0 heterocycles. The number of quaternary nitrogens is 1. The summed E-state index contributed by atoms with van der Waals surface area (Å²) in [7, 11) is 0. The molecular formula is C20H24Cl2N3O2+. The molecule has 0 aliphatic carbocycles. The molecule has 1 atom stereocenters. The molecule has 2 rings (SSSR count). The molecule has 0 aromatic heterocycles. The summed E-state index contributed by atoms with van der Waals surface area (Å²) in [6.45, 7) is 5.04. The lowest BCUT2D eigenvalue weighted by molar-refractivity contribution is -0.883. The van der Waals surface area contributed by atoms with Gasteiger partial charge in [-0.25, -0.2) is 0 Å². The van der Waals surface area contributed by atoms with Crippen molar-refractivity contribution in [3.8, 4) is 0 Å². The third kappa shape index (κ3) is 6.54. The van der Waals surface area contributed by atoms with Gasteiger partial charge >= 0.3 is 0 Å². The second-order valence-electron chi connectivity index (χ2n) is 6.37. The molecule has 0 fully saturated rings.